The molecule has 0 aromatic heterocycles. The fourth-order valence-corrected chi connectivity index (χ4v) is 4.54. The highest BCUT2D eigenvalue weighted by atomic mass is 16.5. The molecule has 1 saturated heterocycles. The minimum atomic E-state index is -0.161. The van der Waals surface area contributed by atoms with Crippen LogP contribution in [-0.4, -0.2) is 44.0 Å². The summed E-state index contributed by atoms with van der Waals surface area (Å²) in [6.07, 6.45) is 6.45. The molecule has 2 amide bonds. The summed E-state index contributed by atoms with van der Waals surface area (Å²) in [6.45, 7) is 1.32. The minimum Gasteiger partial charge on any atom is -0.497 e. The molecule has 1 atom stereocenters. The first-order valence-corrected chi connectivity index (χ1v) is 10.7. The van der Waals surface area contributed by atoms with Crippen LogP contribution in [0.25, 0.3) is 0 Å². The van der Waals surface area contributed by atoms with Crippen LogP contribution in [0.15, 0.2) is 54.6 Å². The van der Waals surface area contributed by atoms with E-state index in [4.69, 9.17) is 9.47 Å². The molecule has 0 aliphatic carbocycles. The van der Waals surface area contributed by atoms with Crippen molar-refractivity contribution in [2.75, 3.05) is 32.2 Å². The Morgan fingerprint density at radius 2 is 1.77 bits per heavy atom. The molecule has 1 fully saturated rings. The van der Waals surface area contributed by atoms with Crippen molar-refractivity contribution in [3.63, 3.8) is 0 Å². The molecule has 4 rings (SSSR count). The monoisotopic (exact) mass is 420 g/mol. The Hall–Kier alpha value is -3.28. The third-order valence-electron chi connectivity index (χ3n) is 6.08. The van der Waals surface area contributed by atoms with Gasteiger partial charge in [0.15, 0.2) is 0 Å². The first-order valence-electron chi connectivity index (χ1n) is 10.7. The molecule has 0 spiro atoms. The number of para-hydroxylation sites is 1. The molecule has 31 heavy (non-hydrogen) atoms. The molecule has 2 aliphatic heterocycles. The maximum absolute atomic E-state index is 13.0. The normalized spacial score (nSPS) is 18.2. The van der Waals surface area contributed by atoms with E-state index in [1.807, 2.05) is 41.3 Å². The molecule has 2 heterocycles. The summed E-state index contributed by atoms with van der Waals surface area (Å²) in [6, 6.07) is 13.5. The quantitative estimate of drug-likeness (QED) is 0.689. The first kappa shape index (κ1) is 21.0. The van der Waals surface area contributed by atoms with E-state index in [-0.39, 0.29) is 17.9 Å². The molecule has 162 valence electrons. The number of carbonyl (C=O) groups excluding carboxylic acids is 2. The Labute approximate surface area is 183 Å². The average Bonchev–Trinajstić information content (AvgIpc) is 3.31. The van der Waals surface area contributed by atoms with Crippen LogP contribution in [0.3, 0.4) is 0 Å². The van der Waals surface area contributed by atoms with Crippen LogP contribution in [-0.2, 0) is 16.0 Å². The number of amides is 2. The number of anilines is 1. The van der Waals surface area contributed by atoms with Crippen LogP contribution >= 0.6 is 0 Å². The number of benzene rings is 2. The zero-order valence-corrected chi connectivity index (χ0v) is 18.0. The van der Waals surface area contributed by atoms with E-state index in [0.29, 0.717) is 13.1 Å². The Morgan fingerprint density at radius 3 is 2.58 bits per heavy atom. The number of carbonyl (C=O) groups is 2. The standard InChI is InChI=1S/C25H28N2O4/c1-30-19-11-12-23(31-2)20(17-19)22-10-6-16-27(22)25(29)14-13-24(28)26-15-5-8-18-7-3-4-9-21(18)26/h3-4,7,9,11-14,17,22H,5-6,8,10,15-16H2,1-2H3. The van der Waals surface area contributed by atoms with E-state index < -0.39 is 0 Å². The zero-order valence-electron chi connectivity index (χ0n) is 18.0. The third kappa shape index (κ3) is 4.29. The topological polar surface area (TPSA) is 59.1 Å². The number of ether oxygens (including phenoxy) is 2. The lowest BCUT2D eigenvalue weighted by Crippen LogP contribution is -2.35. The minimum absolute atomic E-state index is 0.104. The van der Waals surface area contributed by atoms with Gasteiger partial charge in [-0.25, -0.2) is 0 Å². The van der Waals surface area contributed by atoms with E-state index in [9.17, 15) is 9.59 Å². The van der Waals surface area contributed by atoms with Crippen LogP contribution in [0.2, 0.25) is 0 Å². The van der Waals surface area contributed by atoms with E-state index in [1.165, 1.54) is 17.7 Å². The maximum Gasteiger partial charge on any atom is 0.251 e. The highest BCUT2D eigenvalue weighted by Crippen LogP contribution is 2.39. The number of fused-ring (bicyclic) bond motifs is 1. The highest BCUT2D eigenvalue weighted by Gasteiger charge is 2.31. The summed E-state index contributed by atoms with van der Waals surface area (Å²) >= 11 is 0. The SMILES string of the molecule is COc1ccc(OC)c(C2CCCN2C(=O)C=CC(=O)N2CCCc3ccccc32)c1. The molecule has 0 saturated carbocycles. The van der Waals surface area contributed by atoms with Gasteiger partial charge in [-0.15, -0.1) is 0 Å². The number of aryl methyl sites for hydroxylation is 1. The van der Waals surface area contributed by atoms with Crippen molar-refractivity contribution in [3.8, 4) is 11.5 Å². The van der Waals surface area contributed by atoms with Crippen LogP contribution in [0.1, 0.15) is 36.4 Å². The van der Waals surface area contributed by atoms with Crippen molar-refractivity contribution >= 4 is 17.5 Å². The second-order valence-corrected chi connectivity index (χ2v) is 7.85. The molecule has 0 bridgehead atoms. The highest BCUT2D eigenvalue weighted by molar-refractivity contribution is 6.05. The summed E-state index contributed by atoms with van der Waals surface area (Å²) in [7, 11) is 3.25. The lowest BCUT2D eigenvalue weighted by Gasteiger charge is -2.28. The lowest BCUT2D eigenvalue weighted by atomic mass is 10.0. The fraction of sp³-hybridized carbons (Fsp3) is 0.360. The predicted molar refractivity (Wildman–Crippen MR) is 119 cm³/mol. The van der Waals surface area contributed by atoms with Gasteiger partial charge >= 0.3 is 0 Å². The van der Waals surface area contributed by atoms with Crippen LogP contribution < -0.4 is 14.4 Å². The van der Waals surface area contributed by atoms with Gasteiger partial charge in [-0.1, -0.05) is 18.2 Å². The van der Waals surface area contributed by atoms with Gasteiger partial charge in [0.25, 0.3) is 5.91 Å². The number of likely N-dealkylation sites (tertiary alicyclic amines) is 1. The fourth-order valence-electron chi connectivity index (χ4n) is 4.54. The van der Waals surface area contributed by atoms with E-state index in [1.54, 1.807) is 19.1 Å². The van der Waals surface area contributed by atoms with Crippen LogP contribution in [0, 0.1) is 0 Å². The smallest absolute Gasteiger partial charge is 0.251 e. The van der Waals surface area contributed by atoms with Gasteiger partial charge in [0, 0.05) is 36.5 Å². The van der Waals surface area contributed by atoms with Crippen molar-refractivity contribution in [2.24, 2.45) is 0 Å². The lowest BCUT2D eigenvalue weighted by molar-refractivity contribution is -0.127. The largest absolute Gasteiger partial charge is 0.497 e. The zero-order chi connectivity index (χ0) is 21.8. The summed E-state index contributed by atoms with van der Waals surface area (Å²) in [5, 5.41) is 0. The molecular formula is C25H28N2O4. The number of rotatable bonds is 5. The van der Waals surface area contributed by atoms with Crippen molar-refractivity contribution < 1.29 is 19.1 Å². The van der Waals surface area contributed by atoms with Crippen molar-refractivity contribution in [2.45, 2.75) is 31.7 Å². The van der Waals surface area contributed by atoms with Gasteiger partial charge < -0.3 is 19.3 Å². The van der Waals surface area contributed by atoms with Gasteiger partial charge in [-0.3, -0.25) is 9.59 Å². The van der Waals surface area contributed by atoms with Gasteiger partial charge in [0.1, 0.15) is 11.5 Å². The summed E-state index contributed by atoms with van der Waals surface area (Å²) in [4.78, 5) is 29.4. The van der Waals surface area contributed by atoms with Crippen LogP contribution in [0.5, 0.6) is 11.5 Å². The predicted octanol–water partition coefficient (Wildman–Crippen LogP) is 3.90. The number of methoxy groups -OCH3 is 2. The number of hydrogen-bond acceptors (Lipinski definition) is 4. The molecule has 0 N–H and O–H groups in total. The Bertz CT molecular complexity index is 1000. The van der Waals surface area contributed by atoms with Gasteiger partial charge in [-0.05, 0) is 55.5 Å². The summed E-state index contributed by atoms with van der Waals surface area (Å²) < 4.78 is 10.9. The Balaban J connectivity index is 1.51. The Morgan fingerprint density at radius 1 is 0.968 bits per heavy atom. The molecule has 0 radical (unpaired) electrons. The first-order chi connectivity index (χ1) is 15.1. The second kappa shape index (κ2) is 9.25. The van der Waals surface area contributed by atoms with E-state index in [2.05, 4.69) is 6.07 Å². The van der Waals surface area contributed by atoms with Gasteiger partial charge in [-0.2, -0.15) is 0 Å². The maximum atomic E-state index is 13.0. The number of hydrogen-bond donors (Lipinski definition) is 0. The Kier molecular flexibility index (Phi) is 6.26. The van der Waals surface area contributed by atoms with E-state index >= 15 is 0 Å². The molecule has 6 nitrogen and oxygen atoms in total. The van der Waals surface area contributed by atoms with Crippen molar-refractivity contribution in [1.82, 2.24) is 4.90 Å². The molecule has 6 heteroatoms. The van der Waals surface area contributed by atoms with Crippen molar-refractivity contribution in [1.29, 1.82) is 0 Å². The molecule has 2 aromatic rings. The summed E-state index contributed by atoms with van der Waals surface area (Å²) in [5.74, 6) is 1.14. The summed E-state index contributed by atoms with van der Waals surface area (Å²) in [5.41, 5.74) is 3.04. The molecule has 2 aliphatic rings. The number of nitrogens with zero attached hydrogens (tertiary/aromatic N) is 2. The average molecular weight is 421 g/mol. The third-order valence-corrected chi connectivity index (χ3v) is 6.08. The van der Waals surface area contributed by atoms with Gasteiger partial charge in [0.05, 0.1) is 20.3 Å². The molecule has 2 aromatic carbocycles. The van der Waals surface area contributed by atoms with Crippen molar-refractivity contribution in [3.05, 3.63) is 65.7 Å². The molecular weight excluding hydrogens is 392 g/mol. The van der Waals surface area contributed by atoms with E-state index in [0.717, 1.165) is 48.4 Å². The van der Waals surface area contributed by atoms with Crippen LogP contribution in [0.4, 0.5) is 5.69 Å². The van der Waals surface area contributed by atoms with Gasteiger partial charge in [0.2, 0.25) is 5.91 Å². The second-order valence-electron chi connectivity index (χ2n) is 7.85. The molecule has 1 unspecified atom stereocenters.